The van der Waals surface area contributed by atoms with Crippen LogP contribution in [-0.2, 0) is 9.53 Å². The van der Waals surface area contributed by atoms with E-state index in [0.717, 1.165) is 16.9 Å². The Kier molecular flexibility index (Phi) is 5.06. The molecule has 2 aromatic rings. The normalized spacial score (nSPS) is 18.8. The Morgan fingerprint density at radius 1 is 1.42 bits per heavy atom. The Hall–Kier alpha value is -2.06. The van der Waals surface area contributed by atoms with E-state index in [1.54, 1.807) is 6.20 Å². The van der Waals surface area contributed by atoms with Crippen LogP contribution in [-0.4, -0.2) is 71.0 Å². The summed E-state index contributed by atoms with van der Waals surface area (Å²) in [6.45, 7) is 4.72. The molecule has 0 spiro atoms. The van der Waals surface area contributed by atoms with Crippen LogP contribution >= 0.6 is 11.3 Å². The van der Waals surface area contributed by atoms with Crippen LogP contribution in [0.1, 0.15) is 23.1 Å². The quantitative estimate of drug-likeness (QED) is 0.778. The van der Waals surface area contributed by atoms with Gasteiger partial charge in [-0.1, -0.05) is 11.3 Å². The molecular weight excluding hydrogens is 328 g/mol. The van der Waals surface area contributed by atoms with E-state index >= 15 is 0 Å². The summed E-state index contributed by atoms with van der Waals surface area (Å²) in [5, 5.41) is 0.485. The molecule has 1 aliphatic rings. The van der Waals surface area contributed by atoms with Crippen LogP contribution in [0.4, 0.5) is 0 Å². The van der Waals surface area contributed by atoms with Crippen molar-refractivity contribution in [2.24, 2.45) is 0 Å². The molecule has 1 fully saturated rings. The first kappa shape index (κ1) is 16.8. The molecule has 0 N–H and O–H groups in total. The lowest BCUT2D eigenvalue weighted by Gasteiger charge is -2.39. The lowest BCUT2D eigenvalue weighted by atomic mass is 10.2. The van der Waals surface area contributed by atoms with Crippen molar-refractivity contribution in [3.63, 3.8) is 0 Å². The Labute approximate surface area is 144 Å². The van der Waals surface area contributed by atoms with E-state index in [0.29, 0.717) is 31.1 Å². The smallest absolute Gasteiger partial charge is 0.306 e. The highest BCUT2D eigenvalue weighted by atomic mass is 32.1. The van der Waals surface area contributed by atoms with Gasteiger partial charge in [0.05, 0.1) is 13.5 Å². The van der Waals surface area contributed by atoms with Gasteiger partial charge in [-0.25, -0.2) is 9.97 Å². The number of carbonyl (C=O) groups excluding carboxylic acids is 2. The van der Waals surface area contributed by atoms with Gasteiger partial charge in [0.2, 0.25) is 0 Å². The minimum atomic E-state index is -0.206. The number of ether oxygens (including phenoxy) is 1. The highest BCUT2D eigenvalue weighted by Crippen LogP contribution is 2.22. The average Bonchev–Trinajstić information content (AvgIpc) is 3.03. The van der Waals surface area contributed by atoms with Gasteiger partial charge >= 0.3 is 5.97 Å². The second kappa shape index (κ2) is 7.23. The third-order valence-corrected chi connectivity index (χ3v) is 5.20. The standard InChI is InChI=1S/C16H20N4O3S/c1-11-10-20(9-8-19(11)7-5-13(21)23-2)16(22)15-18-12-4-3-6-17-14(12)24-15/h3-4,6,11H,5,7-10H2,1-2H3/t11-/m1/s1. The molecule has 0 aliphatic carbocycles. The fourth-order valence-corrected chi connectivity index (χ4v) is 3.72. The first-order valence-electron chi connectivity index (χ1n) is 7.90. The number of rotatable bonds is 4. The van der Waals surface area contributed by atoms with Crippen LogP contribution in [0.15, 0.2) is 18.3 Å². The van der Waals surface area contributed by atoms with Crippen molar-refractivity contribution in [1.82, 2.24) is 19.8 Å². The molecule has 0 aromatic carbocycles. The Morgan fingerprint density at radius 3 is 2.96 bits per heavy atom. The van der Waals surface area contributed by atoms with E-state index in [1.807, 2.05) is 17.0 Å². The van der Waals surface area contributed by atoms with Crippen LogP contribution in [0.5, 0.6) is 0 Å². The topological polar surface area (TPSA) is 75.6 Å². The van der Waals surface area contributed by atoms with E-state index in [-0.39, 0.29) is 17.9 Å². The SMILES string of the molecule is COC(=O)CCN1CCN(C(=O)c2nc3cccnc3s2)C[C@H]1C. The summed E-state index contributed by atoms with van der Waals surface area (Å²) in [6.07, 6.45) is 2.08. The van der Waals surface area contributed by atoms with E-state index in [9.17, 15) is 9.59 Å². The number of carbonyl (C=O) groups is 2. The van der Waals surface area contributed by atoms with Crippen molar-refractivity contribution in [2.45, 2.75) is 19.4 Å². The Morgan fingerprint density at radius 2 is 2.25 bits per heavy atom. The van der Waals surface area contributed by atoms with Gasteiger partial charge in [0.1, 0.15) is 10.3 Å². The molecular formula is C16H20N4O3S. The molecule has 7 nitrogen and oxygen atoms in total. The summed E-state index contributed by atoms with van der Waals surface area (Å²) in [5.74, 6) is -0.250. The number of aromatic nitrogens is 2. The molecule has 1 amide bonds. The number of piperazine rings is 1. The van der Waals surface area contributed by atoms with E-state index < -0.39 is 0 Å². The van der Waals surface area contributed by atoms with Gasteiger partial charge in [-0.3, -0.25) is 14.5 Å². The molecule has 8 heteroatoms. The van der Waals surface area contributed by atoms with Gasteiger partial charge in [0.25, 0.3) is 5.91 Å². The van der Waals surface area contributed by atoms with Crippen LogP contribution in [0.2, 0.25) is 0 Å². The number of hydrogen-bond donors (Lipinski definition) is 0. The number of methoxy groups -OCH3 is 1. The lowest BCUT2D eigenvalue weighted by molar-refractivity contribution is -0.141. The van der Waals surface area contributed by atoms with Crippen molar-refractivity contribution >= 4 is 33.6 Å². The summed E-state index contributed by atoms with van der Waals surface area (Å²) in [4.78, 5) is 37.4. The minimum absolute atomic E-state index is 0.0440. The van der Waals surface area contributed by atoms with Gasteiger partial charge in [-0.05, 0) is 19.1 Å². The first-order valence-corrected chi connectivity index (χ1v) is 8.72. The molecule has 0 unspecified atom stereocenters. The fourth-order valence-electron chi connectivity index (χ4n) is 2.85. The molecule has 128 valence electrons. The Balaban J connectivity index is 1.62. The maximum Gasteiger partial charge on any atom is 0.306 e. The van der Waals surface area contributed by atoms with E-state index in [4.69, 9.17) is 0 Å². The van der Waals surface area contributed by atoms with Crippen LogP contribution in [0.3, 0.4) is 0 Å². The van der Waals surface area contributed by atoms with Crippen LogP contribution < -0.4 is 0 Å². The fraction of sp³-hybridized carbons (Fsp3) is 0.500. The zero-order valence-electron chi connectivity index (χ0n) is 13.8. The monoisotopic (exact) mass is 348 g/mol. The summed E-state index contributed by atoms with van der Waals surface area (Å²) >= 11 is 1.33. The van der Waals surface area contributed by atoms with E-state index in [2.05, 4.69) is 26.5 Å². The van der Waals surface area contributed by atoms with Gasteiger partial charge in [0, 0.05) is 38.4 Å². The third-order valence-electron chi connectivity index (χ3n) is 4.23. The largest absolute Gasteiger partial charge is 0.469 e. The van der Waals surface area contributed by atoms with Crippen molar-refractivity contribution in [3.05, 3.63) is 23.3 Å². The van der Waals surface area contributed by atoms with Crippen LogP contribution in [0.25, 0.3) is 10.3 Å². The highest BCUT2D eigenvalue weighted by Gasteiger charge is 2.29. The lowest BCUT2D eigenvalue weighted by Crippen LogP contribution is -2.53. The second-order valence-electron chi connectivity index (χ2n) is 5.81. The predicted octanol–water partition coefficient (Wildman–Crippen LogP) is 1.40. The highest BCUT2D eigenvalue weighted by molar-refractivity contribution is 7.19. The average molecular weight is 348 g/mol. The van der Waals surface area contributed by atoms with Crippen LogP contribution in [0, 0.1) is 0 Å². The zero-order chi connectivity index (χ0) is 17.1. The van der Waals surface area contributed by atoms with Gasteiger partial charge in [-0.2, -0.15) is 0 Å². The third kappa shape index (κ3) is 3.54. The molecule has 0 bridgehead atoms. The van der Waals surface area contributed by atoms with E-state index in [1.165, 1.54) is 18.4 Å². The second-order valence-corrected chi connectivity index (χ2v) is 6.79. The molecule has 24 heavy (non-hydrogen) atoms. The van der Waals surface area contributed by atoms with Crippen molar-refractivity contribution < 1.29 is 14.3 Å². The van der Waals surface area contributed by atoms with Crippen molar-refractivity contribution in [2.75, 3.05) is 33.3 Å². The number of esters is 1. The molecule has 0 radical (unpaired) electrons. The molecule has 0 saturated carbocycles. The van der Waals surface area contributed by atoms with Crippen molar-refractivity contribution in [3.8, 4) is 0 Å². The predicted molar refractivity (Wildman–Crippen MR) is 91.0 cm³/mol. The first-order chi connectivity index (χ1) is 11.6. The van der Waals surface area contributed by atoms with Crippen molar-refractivity contribution in [1.29, 1.82) is 0 Å². The number of fused-ring (bicyclic) bond motifs is 1. The van der Waals surface area contributed by atoms with Gasteiger partial charge < -0.3 is 9.64 Å². The van der Waals surface area contributed by atoms with Gasteiger partial charge in [-0.15, -0.1) is 0 Å². The number of amides is 1. The number of thiazole rings is 1. The number of nitrogens with zero attached hydrogens (tertiary/aromatic N) is 4. The molecule has 3 rings (SSSR count). The summed E-state index contributed by atoms with van der Waals surface area (Å²) in [7, 11) is 1.40. The molecule has 1 atom stereocenters. The van der Waals surface area contributed by atoms with Gasteiger partial charge in [0.15, 0.2) is 5.01 Å². The molecule has 2 aromatic heterocycles. The Bertz CT molecular complexity index is 715. The minimum Gasteiger partial charge on any atom is -0.469 e. The summed E-state index contributed by atoms with van der Waals surface area (Å²) in [5.41, 5.74) is 0.760. The number of pyridine rings is 1. The molecule has 3 heterocycles. The zero-order valence-corrected chi connectivity index (χ0v) is 14.6. The molecule has 1 aliphatic heterocycles. The maximum atomic E-state index is 12.7. The maximum absolute atomic E-state index is 12.7. The number of hydrogen-bond acceptors (Lipinski definition) is 7. The summed E-state index contributed by atoms with van der Waals surface area (Å²) < 4.78 is 4.68. The molecule has 1 saturated heterocycles. The summed E-state index contributed by atoms with van der Waals surface area (Å²) in [6, 6.07) is 3.88.